The van der Waals surface area contributed by atoms with Crippen LogP contribution in [0.3, 0.4) is 0 Å². The highest BCUT2D eigenvalue weighted by Crippen LogP contribution is 2.33. The highest BCUT2D eigenvalue weighted by molar-refractivity contribution is 6.69. The van der Waals surface area contributed by atoms with Gasteiger partial charge in [-0.3, -0.25) is 0 Å². The number of benzene rings is 1. The molecule has 1 heterocycles. The third-order valence-corrected chi connectivity index (χ3v) is 4.16. The predicted octanol–water partition coefficient (Wildman–Crippen LogP) is 3.48. The van der Waals surface area contributed by atoms with Crippen LogP contribution < -0.4 is 9.47 Å². The Morgan fingerprint density at radius 3 is 2.65 bits per heavy atom. The Kier molecular flexibility index (Phi) is 4.07. The number of fused-ring (bicyclic) bond motifs is 1. The van der Waals surface area contributed by atoms with Crippen molar-refractivity contribution < 1.29 is 13.9 Å². The molecular weight excluding hydrogens is 270 g/mol. The van der Waals surface area contributed by atoms with Gasteiger partial charge >= 0.3 is 0 Å². The molecule has 20 heavy (non-hydrogen) atoms. The molecule has 1 unspecified atom stereocenters. The third kappa shape index (κ3) is 3.75. The summed E-state index contributed by atoms with van der Waals surface area (Å²) in [7, 11) is -1.74. The molecular formula is C15H21NO3Si. The zero-order valence-corrected chi connectivity index (χ0v) is 13.5. The van der Waals surface area contributed by atoms with Crippen LogP contribution in [0.2, 0.25) is 19.6 Å². The van der Waals surface area contributed by atoms with Crippen molar-refractivity contribution >= 4 is 8.32 Å². The molecule has 1 aliphatic heterocycles. The highest BCUT2D eigenvalue weighted by Gasteiger charge is 2.31. The van der Waals surface area contributed by atoms with Crippen molar-refractivity contribution in [2.75, 3.05) is 6.79 Å². The lowest BCUT2D eigenvalue weighted by Crippen LogP contribution is -2.39. The van der Waals surface area contributed by atoms with Crippen LogP contribution in [0.4, 0.5) is 0 Å². The van der Waals surface area contributed by atoms with E-state index in [1.807, 2.05) is 25.1 Å². The van der Waals surface area contributed by atoms with Crippen LogP contribution in [0.1, 0.15) is 18.9 Å². The monoisotopic (exact) mass is 291 g/mol. The predicted molar refractivity (Wildman–Crippen MR) is 79.3 cm³/mol. The summed E-state index contributed by atoms with van der Waals surface area (Å²) >= 11 is 0. The Balaban J connectivity index is 2.02. The third-order valence-electron chi connectivity index (χ3n) is 3.10. The van der Waals surface area contributed by atoms with E-state index in [2.05, 4.69) is 25.7 Å². The molecule has 108 valence electrons. The van der Waals surface area contributed by atoms with Gasteiger partial charge in [-0.15, -0.1) is 0 Å². The van der Waals surface area contributed by atoms with Crippen LogP contribution in [0.15, 0.2) is 18.2 Å². The Morgan fingerprint density at radius 2 is 2.00 bits per heavy atom. The van der Waals surface area contributed by atoms with E-state index in [0.29, 0.717) is 6.42 Å². The van der Waals surface area contributed by atoms with E-state index in [9.17, 15) is 5.26 Å². The zero-order valence-electron chi connectivity index (χ0n) is 12.5. The fourth-order valence-corrected chi connectivity index (χ4v) is 3.78. The molecule has 1 atom stereocenters. The first kappa shape index (κ1) is 14.9. The van der Waals surface area contributed by atoms with Gasteiger partial charge in [0.25, 0.3) is 0 Å². The Morgan fingerprint density at radius 1 is 1.30 bits per heavy atom. The molecule has 0 saturated heterocycles. The molecule has 5 heteroatoms. The Bertz CT molecular complexity index is 533. The van der Waals surface area contributed by atoms with Crippen molar-refractivity contribution in [3.63, 3.8) is 0 Å². The minimum atomic E-state index is -1.74. The number of hydrogen-bond donors (Lipinski definition) is 0. The van der Waals surface area contributed by atoms with Crippen molar-refractivity contribution in [2.45, 2.75) is 45.0 Å². The van der Waals surface area contributed by atoms with Crippen LogP contribution in [0, 0.1) is 11.3 Å². The van der Waals surface area contributed by atoms with Crippen molar-refractivity contribution in [2.24, 2.45) is 0 Å². The second-order valence-corrected chi connectivity index (χ2v) is 10.7. The number of ether oxygens (including phenoxy) is 2. The summed E-state index contributed by atoms with van der Waals surface area (Å²) in [6.45, 7) is 8.46. The van der Waals surface area contributed by atoms with Crippen LogP contribution in [-0.4, -0.2) is 20.7 Å². The lowest BCUT2D eigenvalue weighted by Gasteiger charge is -2.30. The summed E-state index contributed by atoms with van der Waals surface area (Å²) in [5, 5.41) is 9.38. The summed E-state index contributed by atoms with van der Waals surface area (Å²) in [6.07, 6.45) is 1.46. The van der Waals surface area contributed by atoms with Gasteiger partial charge in [0.1, 0.15) is 5.60 Å². The molecule has 0 spiro atoms. The van der Waals surface area contributed by atoms with Crippen molar-refractivity contribution in [3.8, 4) is 17.6 Å². The summed E-state index contributed by atoms with van der Waals surface area (Å²) in [5.41, 5.74) is 0.413. The molecule has 0 amide bonds. The van der Waals surface area contributed by atoms with Crippen molar-refractivity contribution in [3.05, 3.63) is 23.8 Å². The number of rotatable bonds is 5. The first-order chi connectivity index (χ1) is 9.31. The summed E-state index contributed by atoms with van der Waals surface area (Å²) in [5.74, 6) is 1.57. The van der Waals surface area contributed by atoms with Gasteiger partial charge in [-0.25, -0.2) is 0 Å². The maximum absolute atomic E-state index is 9.38. The van der Waals surface area contributed by atoms with Gasteiger partial charge in [-0.05, 0) is 57.1 Å². The molecule has 1 aromatic rings. The van der Waals surface area contributed by atoms with Gasteiger partial charge in [0.2, 0.25) is 6.79 Å². The Hall–Kier alpha value is -1.51. The summed E-state index contributed by atoms with van der Waals surface area (Å²) in [4.78, 5) is 0. The van der Waals surface area contributed by atoms with E-state index in [0.717, 1.165) is 23.5 Å². The van der Waals surface area contributed by atoms with E-state index in [4.69, 9.17) is 13.9 Å². The van der Waals surface area contributed by atoms with Gasteiger partial charge < -0.3 is 13.9 Å². The average molecular weight is 291 g/mol. The number of hydrogen-bond acceptors (Lipinski definition) is 4. The molecule has 2 rings (SSSR count). The maximum atomic E-state index is 9.38. The summed E-state index contributed by atoms with van der Waals surface area (Å²) in [6, 6.07) is 8.23. The van der Waals surface area contributed by atoms with Crippen LogP contribution in [0.25, 0.3) is 0 Å². The van der Waals surface area contributed by atoms with E-state index in [-0.39, 0.29) is 6.79 Å². The standard InChI is InChI=1S/C15H21NO3Si/c1-15(10-16,19-20(2,3)4)8-7-12-5-6-13-14(9-12)18-11-17-13/h5-6,9H,7-8,11H2,1-4H3. The molecule has 0 bridgehead atoms. The van der Waals surface area contributed by atoms with Gasteiger partial charge in [0, 0.05) is 0 Å². The fourth-order valence-electron chi connectivity index (χ4n) is 2.28. The number of nitrogens with zero attached hydrogens (tertiary/aromatic N) is 1. The van der Waals surface area contributed by atoms with Crippen LogP contribution >= 0.6 is 0 Å². The molecule has 0 saturated carbocycles. The Labute approximate surface area is 121 Å². The van der Waals surface area contributed by atoms with Crippen molar-refractivity contribution in [1.29, 1.82) is 5.26 Å². The van der Waals surface area contributed by atoms with E-state index in [1.54, 1.807) is 0 Å². The molecule has 1 aromatic carbocycles. The zero-order chi connectivity index (χ0) is 14.8. The first-order valence-corrected chi connectivity index (χ1v) is 10.2. The average Bonchev–Trinajstić information content (AvgIpc) is 2.81. The minimum absolute atomic E-state index is 0.285. The van der Waals surface area contributed by atoms with Gasteiger partial charge in [0.15, 0.2) is 19.8 Å². The lowest BCUT2D eigenvalue weighted by molar-refractivity contribution is 0.130. The van der Waals surface area contributed by atoms with Gasteiger partial charge in [-0.1, -0.05) is 6.07 Å². The largest absolute Gasteiger partial charge is 0.454 e. The molecule has 0 aliphatic carbocycles. The summed E-state index contributed by atoms with van der Waals surface area (Å²) < 4.78 is 16.7. The van der Waals surface area contributed by atoms with E-state index in [1.165, 1.54) is 0 Å². The topological polar surface area (TPSA) is 51.5 Å². The maximum Gasteiger partial charge on any atom is 0.231 e. The highest BCUT2D eigenvalue weighted by atomic mass is 28.4. The van der Waals surface area contributed by atoms with Crippen LogP contribution in [-0.2, 0) is 10.8 Å². The SMILES string of the molecule is CC(C#N)(CCc1ccc2c(c1)OCO2)O[Si](C)(C)C. The first-order valence-electron chi connectivity index (χ1n) is 6.81. The molecule has 1 aliphatic rings. The second-order valence-electron chi connectivity index (χ2n) is 6.24. The van der Waals surface area contributed by atoms with Crippen LogP contribution in [0.5, 0.6) is 11.5 Å². The number of aryl methyl sites for hydroxylation is 1. The quantitative estimate of drug-likeness (QED) is 0.779. The fraction of sp³-hybridized carbons (Fsp3) is 0.533. The van der Waals surface area contributed by atoms with Gasteiger partial charge in [-0.2, -0.15) is 5.26 Å². The van der Waals surface area contributed by atoms with E-state index < -0.39 is 13.9 Å². The smallest absolute Gasteiger partial charge is 0.231 e. The lowest BCUT2D eigenvalue weighted by atomic mass is 9.98. The normalized spacial score (nSPS) is 16.6. The van der Waals surface area contributed by atoms with Gasteiger partial charge in [0.05, 0.1) is 6.07 Å². The minimum Gasteiger partial charge on any atom is -0.454 e. The second kappa shape index (κ2) is 5.47. The molecule has 0 radical (unpaired) electrons. The molecule has 4 nitrogen and oxygen atoms in total. The van der Waals surface area contributed by atoms with E-state index >= 15 is 0 Å². The molecule has 0 N–H and O–H groups in total. The molecule has 0 aromatic heterocycles. The number of nitriles is 1. The van der Waals surface area contributed by atoms with Crippen molar-refractivity contribution in [1.82, 2.24) is 0 Å². The molecule has 0 fully saturated rings.